The molecule has 1 aliphatic rings. The van der Waals surface area contributed by atoms with Crippen LogP contribution in [-0.2, 0) is 11.3 Å². The van der Waals surface area contributed by atoms with Crippen molar-refractivity contribution in [2.24, 2.45) is 0 Å². The molecular weight excluding hydrogens is 304 g/mol. The van der Waals surface area contributed by atoms with Crippen LogP contribution in [0.2, 0.25) is 0 Å². The Hall–Kier alpha value is -2.21. The van der Waals surface area contributed by atoms with E-state index < -0.39 is 0 Å². The third-order valence-corrected chi connectivity index (χ3v) is 4.70. The molecule has 0 saturated carbocycles. The number of amides is 1. The van der Waals surface area contributed by atoms with E-state index in [1.165, 1.54) is 17.5 Å². The number of nitrogens with zero attached hydrogens (tertiary/aromatic N) is 3. The normalized spacial score (nSPS) is 16.4. The van der Waals surface area contributed by atoms with E-state index in [9.17, 15) is 9.59 Å². The highest BCUT2D eigenvalue weighted by Crippen LogP contribution is 2.12. The summed E-state index contributed by atoms with van der Waals surface area (Å²) in [5.74, 6) is -0.176. The molecule has 1 atom stereocenters. The maximum atomic E-state index is 12.5. The molecule has 1 amide bonds. The minimum absolute atomic E-state index is 0.0444. The Balaban J connectivity index is 1.67. The van der Waals surface area contributed by atoms with Gasteiger partial charge in [-0.15, -0.1) is 0 Å². The second kappa shape index (κ2) is 7.13. The molecular formula is C18H24N4O2. The first kappa shape index (κ1) is 16.6. The zero-order valence-electron chi connectivity index (χ0n) is 14.3. The van der Waals surface area contributed by atoms with E-state index in [2.05, 4.69) is 22.2 Å². The average Bonchev–Trinajstić information content (AvgIpc) is 3.12. The lowest BCUT2D eigenvalue weighted by Gasteiger charge is -2.23. The summed E-state index contributed by atoms with van der Waals surface area (Å²) in [6.07, 6.45) is 2.46. The highest BCUT2D eigenvalue weighted by atomic mass is 16.2. The number of likely N-dealkylation sites (tertiary alicyclic amines) is 1. The molecule has 0 radical (unpaired) electrons. The number of rotatable bonds is 5. The van der Waals surface area contributed by atoms with Gasteiger partial charge in [-0.05, 0) is 45.8 Å². The number of nitrogens with one attached hydrogen (secondary N) is 1. The second-order valence-corrected chi connectivity index (χ2v) is 6.49. The van der Waals surface area contributed by atoms with E-state index in [-0.39, 0.29) is 18.0 Å². The van der Waals surface area contributed by atoms with Crippen molar-refractivity contribution >= 4 is 16.7 Å². The summed E-state index contributed by atoms with van der Waals surface area (Å²) >= 11 is 0. The molecule has 1 aromatic heterocycles. The van der Waals surface area contributed by atoms with Crippen LogP contribution in [0.1, 0.15) is 25.5 Å². The molecule has 1 saturated heterocycles. The molecule has 1 N–H and O–H groups in total. The summed E-state index contributed by atoms with van der Waals surface area (Å²) in [5.41, 5.74) is 0.530. The molecule has 1 aromatic carbocycles. The number of aryl methyl sites for hydroxylation is 1. The standard InChI is InChI=1S/C18H24N4O2/c1-13(21-9-5-6-10-21)11-19-17(23)12-22-18(24)16-8-4-3-7-15(16)14(2)20-22/h3-4,7-8,13H,5-6,9-12H2,1-2H3,(H,19,23)/t13-/m0/s1. The Kier molecular flexibility index (Phi) is 4.94. The van der Waals surface area contributed by atoms with E-state index in [4.69, 9.17) is 0 Å². The van der Waals surface area contributed by atoms with E-state index in [1.807, 2.05) is 25.1 Å². The van der Waals surface area contributed by atoms with Gasteiger partial charge in [-0.2, -0.15) is 5.10 Å². The Morgan fingerprint density at radius 2 is 1.92 bits per heavy atom. The molecule has 24 heavy (non-hydrogen) atoms. The Morgan fingerprint density at radius 3 is 2.62 bits per heavy atom. The molecule has 0 bridgehead atoms. The van der Waals surface area contributed by atoms with Gasteiger partial charge in [0.1, 0.15) is 6.54 Å². The lowest BCUT2D eigenvalue weighted by atomic mass is 10.1. The number of aromatic nitrogens is 2. The van der Waals surface area contributed by atoms with E-state index in [0.29, 0.717) is 18.0 Å². The van der Waals surface area contributed by atoms with Gasteiger partial charge in [0.2, 0.25) is 5.91 Å². The van der Waals surface area contributed by atoms with Gasteiger partial charge in [-0.1, -0.05) is 18.2 Å². The van der Waals surface area contributed by atoms with Gasteiger partial charge in [0.25, 0.3) is 5.56 Å². The summed E-state index contributed by atoms with van der Waals surface area (Å²) < 4.78 is 1.26. The van der Waals surface area contributed by atoms with Gasteiger partial charge in [0.05, 0.1) is 11.1 Å². The number of carbonyl (C=O) groups is 1. The quantitative estimate of drug-likeness (QED) is 0.898. The molecule has 3 rings (SSSR count). The van der Waals surface area contributed by atoms with E-state index in [0.717, 1.165) is 24.2 Å². The topological polar surface area (TPSA) is 67.2 Å². The number of carbonyl (C=O) groups excluding carboxylic acids is 1. The predicted octanol–water partition coefficient (Wildman–Crippen LogP) is 1.31. The number of hydrogen-bond donors (Lipinski definition) is 1. The third-order valence-electron chi connectivity index (χ3n) is 4.70. The Morgan fingerprint density at radius 1 is 1.25 bits per heavy atom. The largest absolute Gasteiger partial charge is 0.353 e. The van der Waals surface area contributed by atoms with Crippen LogP contribution in [0.5, 0.6) is 0 Å². The number of fused-ring (bicyclic) bond motifs is 1. The van der Waals surface area contributed by atoms with Gasteiger partial charge in [-0.3, -0.25) is 14.5 Å². The fourth-order valence-corrected chi connectivity index (χ4v) is 3.28. The molecule has 0 aliphatic carbocycles. The van der Waals surface area contributed by atoms with Crippen molar-refractivity contribution in [3.63, 3.8) is 0 Å². The van der Waals surface area contributed by atoms with E-state index >= 15 is 0 Å². The van der Waals surface area contributed by atoms with Crippen LogP contribution >= 0.6 is 0 Å². The van der Waals surface area contributed by atoms with Gasteiger partial charge < -0.3 is 5.32 Å². The van der Waals surface area contributed by atoms with Crippen LogP contribution in [-0.4, -0.2) is 46.3 Å². The Bertz CT molecular complexity index is 793. The van der Waals surface area contributed by atoms with Crippen molar-refractivity contribution in [3.05, 3.63) is 40.3 Å². The maximum Gasteiger partial charge on any atom is 0.275 e. The highest BCUT2D eigenvalue weighted by molar-refractivity contribution is 5.83. The van der Waals surface area contributed by atoms with Crippen LogP contribution in [0.3, 0.4) is 0 Å². The van der Waals surface area contributed by atoms with Crippen LogP contribution in [0.15, 0.2) is 29.1 Å². The van der Waals surface area contributed by atoms with Crippen molar-refractivity contribution in [2.75, 3.05) is 19.6 Å². The van der Waals surface area contributed by atoms with Crippen LogP contribution in [0, 0.1) is 6.92 Å². The lowest BCUT2D eigenvalue weighted by molar-refractivity contribution is -0.122. The first-order valence-electron chi connectivity index (χ1n) is 8.53. The molecule has 1 aliphatic heterocycles. The minimum Gasteiger partial charge on any atom is -0.353 e. The van der Waals surface area contributed by atoms with E-state index in [1.54, 1.807) is 6.07 Å². The van der Waals surface area contributed by atoms with Gasteiger partial charge >= 0.3 is 0 Å². The summed E-state index contributed by atoms with van der Waals surface area (Å²) in [5, 5.41) is 8.64. The molecule has 0 spiro atoms. The summed E-state index contributed by atoms with van der Waals surface area (Å²) in [4.78, 5) is 27.1. The minimum atomic E-state index is -0.223. The molecule has 6 heteroatoms. The van der Waals surface area contributed by atoms with Crippen LogP contribution < -0.4 is 10.9 Å². The number of benzene rings is 1. The molecule has 128 valence electrons. The van der Waals surface area contributed by atoms with Crippen molar-refractivity contribution in [1.29, 1.82) is 0 Å². The first-order valence-corrected chi connectivity index (χ1v) is 8.53. The molecule has 2 aromatic rings. The number of hydrogen-bond acceptors (Lipinski definition) is 4. The monoisotopic (exact) mass is 328 g/mol. The smallest absolute Gasteiger partial charge is 0.275 e. The van der Waals surface area contributed by atoms with Crippen molar-refractivity contribution in [3.8, 4) is 0 Å². The molecule has 2 heterocycles. The Labute approximate surface area is 141 Å². The zero-order chi connectivity index (χ0) is 17.1. The maximum absolute atomic E-state index is 12.5. The SMILES string of the molecule is Cc1nn(CC(=O)NC[C@H](C)N2CCCC2)c(=O)c2ccccc12. The lowest BCUT2D eigenvalue weighted by Crippen LogP contribution is -2.42. The summed E-state index contributed by atoms with van der Waals surface area (Å²) in [6, 6.07) is 7.68. The summed E-state index contributed by atoms with van der Waals surface area (Å²) in [7, 11) is 0. The predicted molar refractivity (Wildman–Crippen MR) is 94.0 cm³/mol. The fourth-order valence-electron chi connectivity index (χ4n) is 3.28. The molecule has 1 fully saturated rings. The van der Waals surface area contributed by atoms with Crippen molar-refractivity contribution < 1.29 is 4.79 Å². The highest BCUT2D eigenvalue weighted by Gasteiger charge is 2.18. The second-order valence-electron chi connectivity index (χ2n) is 6.49. The zero-order valence-corrected chi connectivity index (χ0v) is 14.3. The average molecular weight is 328 g/mol. The summed E-state index contributed by atoms with van der Waals surface area (Å²) in [6.45, 7) is 6.73. The van der Waals surface area contributed by atoms with Crippen LogP contribution in [0.25, 0.3) is 10.8 Å². The van der Waals surface area contributed by atoms with Gasteiger partial charge in [0, 0.05) is 18.0 Å². The third kappa shape index (κ3) is 3.48. The van der Waals surface area contributed by atoms with Crippen molar-refractivity contribution in [2.45, 2.75) is 39.3 Å². The van der Waals surface area contributed by atoms with Gasteiger partial charge in [-0.25, -0.2) is 4.68 Å². The van der Waals surface area contributed by atoms with Gasteiger partial charge in [0.15, 0.2) is 0 Å². The molecule has 0 unspecified atom stereocenters. The van der Waals surface area contributed by atoms with Crippen LogP contribution in [0.4, 0.5) is 0 Å². The fraction of sp³-hybridized carbons (Fsp3) is 0.500. The van der Waals surface area contributed by atoms with Crippen molar-refractivity contribution in [1.82, 2.24) is 20.0 Å². The molecule has 6 nitrogen and oxygen atoms in total. The first-order chi connectivity index (χ1) is 11.6.